The van der Waals surface area contributed by atoms with Crippen molar-refractivity contribution in [2.24, 2.45) is 17.8 Å². The van der Waals surface area contributed by atoms with E-state index in [2.05, 4.69) is 0 Å². The maximum absolute atomic E-state index is 12.7. The zero-order valence-corrected chi connectivity index (χ0v) is 15.9. The van der Waals surface area contributed by atoms with Gasteiger partial charge in [0.2, 0.25) is 0 Å². The van der Waals surface area contributed by atoms with Crippen molar-refractivity contribution in [3.63, 3.8) is 0 Å². The largest absolute Gasteiger partial charge is 0.459 e. The molecule has 0 aromatic carbocycles. The summed E-state index contributed by atoms with van der Waals surface area (Å²) in [7, 11) is 1.56. The number of rotatable bonds is 2. The molecule has 2 unspecified atom stereocenters. The maximum Gasteiger partial charge on any atom is 0.312 e. The number of ether oxygens (including phenoxy) is 4. The molecule has 0 aromatic heterocycles. The predicted molar refractivity (Wildman–Crippen MR) is 89.8 cm³/mol. The molecular weight excluding hydrogens is 324 g/mol. The van der Waals surface area contributed by atoms with Gasteiger partial charge in [0.05, 0.1) is 18.1 Å². The average molecular weight is 354 g/mol. The number of fused-ring (bicyclic) bond motifs is 3. The van der Waals surface area contributed by atoms with Gasteiger partial charge in [0.25, 0.3) is 0 Å². The summed E-state index contributed by atoms with van der Waals surface area (Å²) in [6.45, 7) is 8.04. The summed E-state index contributed by atoms with van der Waals surface area (Å²) in [5, 5.41) is 0. The van der Waals surface area contributed by atoms with Crippen LogP contribution in [-0.4, -0.2) is 49.1 Å². The number of hydrogen-bond acceptors (Lipinski definition) is 6. The van der Waals surface area contributed by atoms with Crippen LogP contribution < -0.4 is 0 Å². The smallest absolute Gasteiger partial charge is 0.312 e. The highest BCUT2D eigenvalue weighted by atomic mass is 16.8. The number of carbonyl (C=O) groups is 2. The molecule has 2 saturated heterocycles. The maximum atomic E-state index is 12.7. The van der Waals surface area contributed by atoms with E-state index in [-0.39, 0.29) is 36.3 Å². The Hall–Kier alpha value is -0.980. The quantitative estimate of drug-likeness (QED) is 0.710. The lowest BCUT2D eigenvalue weighted by Crippen LogP contribution is -2.48. The first-order valence-electron chi connectivity index (χ1n) is 9.27. The van der Waals surface area contributed by atoms with Crippen LogP contribution in [-0.2, 0) is 28.5 Å². The Kier molecular flexibility index (Phi) is 4.99. The monoisotopic (exact) mass is 354 g/mol. The molecule has 0 N–H and O–H groups in total. The molecule has 3 aliphatic rings. The lowest BCUT2D eigenvalue weighted by molar-refractivity contribution is -0.169. The van der Waals surface area contributed by atoms with Crippen LogP contribution in [0.15, 0.2) is 0 Å². The summed E-state index contributed by atoms with van der Waals surface area (Å²) >= 11 is 0. The number of ketones is 1. The van der Waals surface area contributed by atoms with Gasteiger partial charge in [-0.3, -0.25) is 9.59 Å². The number of methoxy groups -OCH3 is 1. The summed E-state index contributed by atoms with van der Waals surface area (Å²) in [5.41, 5.74) is -0.533. The van der Waals surface area contributed by atoms with Gasteiger partial charge >= 0.3 is 5.97 Å². The van der Waals surface area contributed by atoms with Crippen molar-refractivity contribution >= 4 is 11.8 Å². The van der Waals surface area contributed by atoms with Crippen LogP contribution in [0.5, 0.6) is 0 Å². The fourth-order valence-corrected chi connectivity index (χ4v) is 4.66. The molecule has 2 aliphatic heterocycles. The average Bonchev–Trinajstić information content (AvgIpc) is 2.93. The molecule has 0 radical (unpaired) electrons. The minimum absolute atomic E-state index is 0.0185. The highest BCUT2D eigenvalue weighted by Gasteiger charge is 2.60. The van der Waals surface area contributed by atoms with Gasteiger partial charge in [-0.1, -0.05) is 6.92 Å². The van der Waals surface area contributed by atoms with Gasteiger partial charge in [0.1, 0.15) is 18.0 Å². The topological polar surface area (TPSA) is 71.1 Å². The third kappa shape index (κ3) is 3.49. The molecule has 3 fully saturated rings. The molecule has 1 aliphatic carbocycles. The van der Waals surface area contributed by atoms with Gasteiger partial charge in [0.15, 0.2) is 5.79 Å². The fraction of sp³-hybridized carbons (Fsp3) is 0.895. The lowest BCUT2D eigenvalue weighted by Gasteiger charge is -2.35. The normalized spacial score (nSPS) is 44.1. The van der Waals surface area contributed by atoms with Gasteiger partial charge in [-0.05, 0) is 40.0 Å². The van der Waals surface area contributed by atoms with E-state index >= 15 is 0 Å². The highest BCUT2D eigenvalue weighted by molar-refractivity contribution is 5.83. The predicted octanol–water partition coefficient (Wildman–Crippen LogP) is 2.48. The summed E-state index contributed by atoms with van der Waals surface area (Å²) in [6, 6.07) is 0. The first-order valence-corrected chi connectivity index (χ1v) is 9.27. The second-order valence-corrected chi connectivity index (χ2v) is 8.44. The SMILES string of the molecule is COCC1C(=O)O[C@@H]2C1CC(=O)[C@@H](C)CCC[C@@]1(C)OC(C)(C)O[C@@H]21. The second kappa shape index (κ2) is 6.63. The Bertz CT molecular complexity index is 544. The van der Waals surface area contributed by atoms with Crippen LogP contribution in [0, 0.1) is 17.8 Å². The van der Waals surface area contributed by atoms with E-state index in [0.29, 0.717) is 6.42 Å². The number of esters is 1. The first-order chi connectivity index (χ1) is 11.7. The fourth-order valence-electron chi connectivity index (χ4n) is 4.66. The van der Waals surface area contributed by atoms with Crippen LogP contribution in [0.3, 0.4) is 0 Å². The van der Waals surface area contributed by atoms with Gasteiger partial charge in [-0.15, -0.1) is 0 Å². The molecule has 1 saturated carbocycles. The van der Waals surface area contributed by atoms with Gasteiger partial charge in [-0.2, -0.15) is 0 Å². The van der Waals surface area contributed by atoms with Gasteiger partial charge in [-0.25, -0.2) is 0 Å². The Balaban J connectivity index is 1.97. The standard InChI is InChI=1S/C19H30O6/c1-11-7-6-8-19(4)16(24-18(2,3)25-19)15-12(9-14(11)20)13(10-22-5)17(21)23-15/h11-13,15-16H,6-10H2,1-5H3/t11-,12?,13?,15+,16-,19+/m0/s1. The summed E-state index contributed by atoms with van der Waals surface area (Å²) in [6.07, 6.45) is 1.95. The molecule has 6 nitrogen and oxygen atoms in total. The minimum atomic E-state index is -0.737. The zero-order valence-electron chi connectivity index (χ0n) is 15.9. The van der Waals surface area contributed by atoms with Crippen molar-refractivity contribution < 1.29 is 28.5 Å². The molecule has 3 rings (SSSR count). The Morgan fingerprint density at radius 3 is 2.64 bits per heavy atom. The van der Waals surface area contributed by atoms with Crippen LogP contribution in [0.4, 0.5) is 0 Å². The van der Waals surface area contributed by atoms with E-state index in [1.54, 1.807) is 7.11 Å². The van der Waals surface area contributed by atoms with Gasteiger partial charge in [0, 0.05) is 25.4 Å². The van der Waals surface area contributed by atoms with E-state index < -0.39 is 23.4 Å². The first kappa shape index (κ1) is 18.8. The Morgan fingerprint density at radius 1 is 1.24 bits per heavy atom. The van der Waals surface area contributed by atoms with Crippen LogP contribution >= 0.6 is 0 Å². The van der Waals surface area contributed by atoms with E-state index in [9.17, 15) is 9.59 Å². The molecule has 0 bridgehead atoms. The van der Waals surface area contributed by atoms with Gasteiger partial charge < -0.3 is 18.9 Å². The van der Waals surface area contributed by atoms with Crippen molar-refractivity contribution in [3.8, 4) is 0 Å². The third-order valence-corrected chi connectivity index (χ3v) is 5.93. The van der Waals surface area contributed by atoms with Crippen molar-refractivity contribution in [1.29, 1.82) is 0 Å². The zero-order chi connectivity index (χ0) is 18.4. The van der Waals surface area contributed by atoms with Crippen molar-refractivity contribution in [3.05, 3.63) is 0 Å². The number of carbonyl (C=O) groups excluding carboxylic acids is 2. The molecule has 25 heavy (non-hydrogen) atoms. The number of Topliss-reactive ketones (excluding diaryl/α,β-unsaturated/α-hetero) is 1. The molecular formula is C19H30O6. The van der Waals surface area contributed by atoms with Crippen molar-refractivity contribution in [1.82, 2.24) is 0 Å². The van der Waals surface area contributed by atoms with Crippen molar-refractivity contribution in [2.75, 3.05) is 13.7 Å². The minimum Gasteiger partial charge on any atom is -0.459 e. The Morgan fingerprint density at radius 2 is 1.96 bits per heavy atom. The Labute approximate surface area is 149 Å². The highest BCUT2D eigenvalue weighted by Crippen LogP contribution is 2.47. The molecule has 6 atom stereocenters. The lowest BCUT2D eigenvalue weighted by atomic mass is 9.76. The summed E-state index contributed by atoms with van der Waals surface area (Å²) in [4.78, 5) is 25.1. The third-order valence-electron chi connectivity index (χ3n) is 5.93. The van der Waals surface area contributed by atoms with Crippen LogP contribution in [0.2, 0.25) is 0 Å². The summed E-state index contributed by atoms with van der Waals surface area (Å²) in [5.74, 6) is -1.53. The molecule has 6 heteroatoms. The molecule has 0 amide bonds. The molecule has 0 spiro atoms. The van der Waals surface area contributed by atoms with E-state index in [0.717, 1.165) is 19.3 Å². The van der Waals surface area contributed by atoms with Crippen LogP contribution in [0.1, 0.15) is 53.4 Å². The van der Waals surface area contributed by atoms with Crippen molar-refractivity contribution in [2.45, 2.75) is 77.0 Å². The van der Waals surface area contributed by atoms with E-state index in [1.165, 1.54) is 0 Å². The van der Waals surface area contributed by atoms with Crippen LogP contribution in [0.25, 0.3) is 0 Å². The molecule has 0 aromatic rings. The van der Waals surface area contributed by atoms with E-state index in [4.69, 9.17) is 18.9 Å². The summed E-state index contributed by atoms with van der Waals surface area (Å²) < 4.78 is 23.4. The molecule has 142 valence electrons. The van der Waals surface area contributed by atoms with E-state index in [1.807, 2.05) is 27.7 Å². The number of hydrogen-bond donors (Lipinski definition) is 0. The molecule has 2 heterocycles. The second-order valence-electron chi connectivity index (χ2n) is 8.44.